The van der Waals surface area contributed by atoms with Crippen LogP contribution < -0.4 is 9.47 Å². The average Bonchev–Trinajstić information content (AvgIpc) is 3.00. The summed E-state index contributed by atoms with van der Waals surface area (Å²) in [5.74, 6) is 1.10. The highest BCUT2D eigenvalue weighted by atomic mass is 35.5. The standard InChI is InChI=1S/C22H25ClN2O4/c1-17(29-20-10-8-18(23)9-11-20)22(27)25-13-5-12-24(14-15-25)21(26)16-28-19-6-3-2-4-7-19/h2-4,6-11,17H,5,12-16H2,1H3. The van der Waals surface area contributed by atoms with E-state index in [-0.39, 0.29) is 18.4 Å². The maximum Gasteiger partial charge on any atom is 0.263 e. The van der Waals surface area contributed by atoms with Crippen molar-refractivity contribution in [1.29, 1.82) is 0 Å². The quantitative estimate of drug-likeness (QED) is 0.725. The van der Waals surface area contributed by atoms with E-state index in [2.05, 4.69) is 0 Å². The Bertz CT molecular complexity index is 813. The number of nitrogens with zero attached hydrogens (tertiary/aromatic N) is 2. The third-order valence-corrected chi connectivity index (χ3v) is 4.99. The first kappa shape index (κ1) is 21.0. The third kappa shape index (κ3) is 6.12. The van der Waals surface area contributed by atoms with Crippen LogP contribution in [0.1, 0.15) is 13.3 Å². The molecule has 1 heterocycles. The van der Waals surface area contributed by atoms with E-state index >= 15 is 0 Å². The zero-order valence-electron chi connectivity index (χ0n) is 16.4. The van der Waals surface area contributed by atoms with Gasteiger partial charge in [0, 0.05) is 31.2 Å². The van der Waals surface area contributed by atoms with Gasteiger partial charge in [-0.15, -0.1) is 0 Å². The van der Waals surface area contributed by atoms with Gasteiger partial charge in [-0.05, 0) is 49.7 Å². The molecule has 1 unspecified atom stereocenters. The second kappa shape index (κ2) is 10.2. The minimum atomic E-state index is -0.611. The van der Waals surface area contributed by atoms with E-state index in [1.807, 2.05) is 30.3 Å². The number of ether oxygens (including phenoxy) is 2. The lowest BCUT2D eigenvalue weighted by atomic mass is 10.3. The molecule has 2 amide bonds. The molecule has 3 rings (SSSR count). The summed E-state index contributed by atoms with van der Waals surface area (Å²) in [6.45, 7) is 3.89. The molecule has 0 bridgehead atoms. The largest absolute Gasteiger partial charge is 0.484 e. The van der Waals surface area contributed by atoms with Gasteiger partial charge in [-0.2, -0.15) is 0 Å². The molecule has 0 saturated carbocycles. The van der Waals surface area contributed by atoms with Gasteiger partial charge in [0.25, 0.3) is 11.8 Å². The monoisotopic (exact) mass is 416 g/mol. The molecule has 29 heavy (non-hydrogen) atoms. The maximum atomic E-state index is 12.8. The molecule has 1 aliphatic rings. The summed E-state index contributed by atoms with van der Waals surface area (Å²) in [5.41, 5.74) is 0. The van der Waals surface area contributed by atoms with Crippen LogP contribution in [0.5, 0.6) is 11.5 Å². The Kier molecular flexibility index (Phi) is 7.36. The van der Waals surface area contributed by atoms with Crippen LogP contribution in [0.3, 0.4) is 0 Å². The normalized spacial score (nSPS) is 15.4. The van der Waals surface area contributed by atoms with Crippen molar-refractivity contribution in [1.82, 2.24) is 9.80 Å². The molecule has 0 aliphatic carbocycles. The summed E-state index contributed by atoms with van der Waals surface area (Å²) in [5, 5.41) is 0.616. The molecule has 6 nitrogen and oxygen atoms in total. The lowest BCUT2D eigenvalue weighted by molar-refractivity contribution is -0.138. The molecule has 0 N–H and O–H groups in total. The first-order chi connectivity index (χ1) is 14.0. The summed E-state index contributed by atoms with van der Waals surface area (Å²) < 4.78 is 11.3. The van der Waals surface area contributed by atoms with Crippen molar-refractivity contribution >= 4 is 23.4 Å². The lowest BCUT2D eigenvalue weighted by Crippen LogP contribution is -2.43. The first-order valence-electron chi connectivity index (χ1n) is 9.69. The number of rotatable bonds is 6. The average molecular weight is 417 g/mol. The maximum absolute atomic E-state index is 12.8. The van der Waals surface area contributed by atoms with E-state index in [1.54, 1.807) is 41.0 Å². The fourth-order valence-electron chi connectivity index (χ4n) is 3.17. The van der Waals surface area contributed by atoms with E-state index in [0.29, 0.717) is 42.7 Å². The summed E-state index contributed by atoms with van der Waals surface area (Å²) in [6, 6.07) is 16.2. The van der Waals surface area contributed by atoms with Crippen LogP contribution in [0.2, 0.25) is 5.02 Å². The van der Waals surface area contributed by atoms with Crippen LogP contribution in [-0.4, -0.2) is 60.5 Å². The van der Waals surface area contributed by atoms with E-state index in [1.165, 1.54) is 0 Å². The molecule has 1 fully saturated rings. The van der Waals surface area contributed by atoms with E-state index in [9.17, 15) is 9.59 Å². The van der Waals surface area contributed by atoms with Crippen LogP contribution in [-0.2, 0) is 9.59 Å². The lowest BCUT2D eigenvalue weighted by Gasteiger charge is -2.25. The predicted octanol–water partition coefficient (Wildman–Crippen LogP) is 3.25. The SMILES string of the molecule is CC(Oc1ccc(Cl)cc1)C(=O)N1CCCN(C(=O)COc2ccccc2)CC1. The van der Waals surface area contributed by atoms with Gasteiger partial charge in [0.2, 0.25) is 0 Å². The van der Waals surface area contributed by atoms with Crippen LogP contribution in [0.25, 0.3) is 0 Å². The van der Waals surface area contributed by atoms with Crippen molar-refractivity contribution in [2.75, 3.05) is 32.8 Å². The molecule has 1 saturated heterocycles. The topological polar surface area (TPSA) is 59.1 Å². The number of hydrogen-bond donors (Lipinski definition) is 0. The van der Waals surface area contributed by atoms with Gasteiger partial charge in [0.15, 0.2) is 12.7 Å². The van der Waals surface area contributed by atoms with Gasteiger partial charge in [0.05, 0.1) is 0 Å². The molecule has 2 aromatic rings. The number of amides is 2. The van der Waals surface area contributed by atoms with E-state index in [0.717, 1.165) is 6.42 Å². The summed E-state index contributed by atoms with van der Waals surface area (Å²) >= 11 is 5.88. The zero-order chi connectivity index (χ0) is 20.6. The van der Waals surface area contributed by atoms with Crippen molar-refractivity contribution in [2.45, 2.75) is 19.4 Å². The molecular weight excluding hydrogens is 392 g/mol. The minimum absolute atomic E-state index is 0.00591. The Labute approximate surface area is 176 Å². The van der Waals surface area contributed by atoms with Gasteiger partial charge in [0.1, 0.15) is 11.5 Å². The third-order valence-electron chi connectivity index (χ3n) is 4.74. The number of halogens is 1. The van der Waals surface area contributed by atoms with E-state index in [4.69, 9.17) is 21.1 Å². The zero-order valence-corrected chi connectivity index (χ0v) is 17.2. The first-order valence-corrected chi connectivity index (χ1v) is 10.1. The van der Waals surface area contributed by atoms with E-state index < -0.39 is 6.10 Å². The van der Waals surface area contributed by atoms with Gasteiger partial charge in [-0.3, -0.25) is 9.59 Å². The second-order valence-corrected chi connectivity index (χ2v) is 7.31. The summed E-state index contributed by atoms with van der Waals surface area (Å²) in [4.78, 5) is 28.7. The number of carbonyl (C=O) groups is 2. The van der Waals surface area contributed by atoms with Crippen molar-refractivity contribution in [3.63, 3.8) is 0 Å². The number of carbonyl (C=O) groups excluding carboxylic acids is 2. The molecule has 154 valence electrons. The van der Waals surface area contributed by atoms with Crippen molar-refractivity contribution in [2.24, 2.45) is 0 Å². The molecule has 2 aromatic carbocycles. The Morgan fingerprint density at radius 1 is 0.931 bits per heavy atom. The molecular formula is C22H25ClN2O4. The van der Waals surface area contributed by atoms with Crippen molar-refractivity contribution in [3.05, 3.63) is 59.6 Å². The Morgan fingerprint density at radius 3 is 2.31 bits per heavy atom. The Balaban J connectivity index is 1.48. The highest BCUT2D eigenvalue weighted by molar-refractivity contribution is 6.30. The van der Waals surface area contributed by atoms with Crippen LogP contribution in [0.4, 0.5) is 0 Å². The van der Waals surface area contributed by atoms with Gasteiger partial charge < -0.3 is 19.3 Å². The van der Waals surface area contributed by atoms with Crippen LogP contribution in [0.15, 0.2) is 54.6 Å². The van der Waals surface area contributed by atoms with Crippen LogP contribution in [0, 0.1) is 0 Å². The second-order valence-electron chi connectivity index (χ2n) is 6.88. The number of para-hydroxylation sites is 1. The smallest absolute Gasteiger partial charge is 0.263 e. The Morgan fingerprint density at radius 2 is 1.59 bits per heavy atom. The minimum Gasteiger partial charge on any atom is -0.484 e. The fourth-order valence-corrected chi connectivity index (χ4v) is 3.29. The summed E-state index contributed by atoms with van der Waals surface area (Å²) in [6.07, 6.45) is 0.107. The van der Waals surface area contributed by atoms with Gasteiger partial charge in [-0.1, -0.05) is 29.8 Å². The molecule has 1 atom stereocenters. The molecule has 1 aliphatic heterocycles. The molecule has 0 aromatic heterocycles. The van der Waals surface area contributed by atoms with Crippen molar-refractivity contribution in [3.8, 4) is 11.5 Å². The van der Waals surface area contributed by atoms with Crippen LogP contribution >= 0.6 is 11.6 Å². The number of hydrogen-bond acceptors (Lipinski definition) is 4. The fraction of sp³-hybridized carbons (Fsp3) is 0.364. The predicted molar refractivity (Wildman–Crippen MR) is 111 cm³/mol. The molecule has 0 radical (unpaired) electrons. The highest BCUT2D eigenvalue weighted by Crippen LogP contribution is 2.18. The number of benzene rings is 2. The Hall–Kier alpha value is -2.73. The molecule has 7 heteroatoms. The van der Waals surface area contributed by atoms with Gasteiger partial charge in [-0.25, -0.2) is 0 Å². The van der Waals surface area contributed by atoms with Crippen molar-refractivity contribution < 1.29 is 19.1 Å². The molecule has 0 spiro atoms. The van der Waals surface area contributed by atoms with Gasteiger partial charge >= 0.3 is 0 Å². The summed E-state index contributed by atoms with van der Waals surface area (Å²) in [7, 11) is 0. The highest BCUT2D eigenvalue weighted by Gasteiger charge is 2.26.